The maximum Gasteiger partial charge on any atom is 0.313 e. The molecule has 2 aromatic rings. The Balaban J connectivity index is 1.51. The van der Waals surface area contributed by atoms with Gasteiger partial charge in [-0.05, 0) is 18.2 Å². The predicted molar refractivity (Wildman–Crippen MR) is 85.4 cm³/mol. The molecule has 7 nitrogen and oxygen atoms in total. The van der Waals surface area contributed by atoms with Gasteiger partial charge >= 0.3 is 5.97 Å². The van der Waals surface area contributed by atoms with Crippen molar-refractivity contribution in [3.8, 4) is 5.69 Å². The molecular formula is C17H17FN4O3. The number of rotatable bonds is 4. The van der Waals surface area contributed by atoms with E-state index in [4.69, 9.17) is 0 Å². The van der Waals surface area contributed by atoms with Gasteiger partial charge in [0.15, 0.2) is 0 Å². The average Bonchev–Trinajstić information content (AvgIpc) is 3.25. The molecule has 3 heterocycles. The summed E-state index contributed by atoms with van der Waals surface area (Å²) < 4.78 is 14.9. The van der Waals surface area contributed by atoms with E-state index in [-0.39, 0.29) is 18.3 Å². The van der Waals surface area contributed by atoms with Crippen molar-refractivity contribution in [2.24, 2.45) is 11.3 Å². The minimum absolute atomic E-state index is 0.172. The Labute approximate surface area is 143 Å². The van der Waals surface area contributed by atoms with Crippen LogP contribution in [0, 0.1) is 17.2 Å². The number of nitrogens with one attached hydrogen (secondary N) is 1. The lowest BCUT2D eigenvalue weighted by atomic mass is 9.81. The summed E-state index contributed by atoms with van der Waals surface area (Å²) in [6, 6.07) is 6.13. The molecule has 0 bridgehead atoms. The van der Waals surface area contributed by atoms with E-state index in [1.54, 1.807) is 29.2 Å². The summed E-state index contributed by atoms with van der Waals surface area (Å²) in [7, 11) is 0. The first kappa shape index (κ1) is 15.8. The zero-order valence-corrected chi connectivity index (χ0v) is 13.4. The number of carboxylic acids is 1. The van der Waals surface area contributed by atoms with Crippen LogP contribution in [0.3, 0.4) is 0 Å². The van der Waals surface area contributed by atoms with Gasteiger partial charge in [0.1, 0.15) is 11.2 Å². The van der Waals surface area contributed by atoms with Crippen LogP contribution in [-0.2, 0) is 16.1 Å². The summed E-state index contributed by atoms with van der Waals surface area (Å²) in [6.07, 6.45) is 3.46. The molecule has 4 rings (SSSR count). The van der Waals surface area contributed by atoms with Crippen molar-refractivity contribution in [1.82, 2.24) is 20.0 Å². The highest BCUT2D eigenvalue weighted by atomic mass is 19.1. The summed E-state index contributed by atoms with van der Waals surface area (Å²) in [5, 5.41) is 16.5. The maximum absolute atomic E-state index is 13.3. The topological polar surface area (TPSA) is 87.5 Å². The Bertz CT molecular complexity index is 852. The van der Waals surface area contributed by atoms with Gasteiger partial charge < -0.3 is 10.4 Å². The summed E-state index contributed by atoms with van der Waals surface area (Å²) in [5.41, 5.74) is 0.450. The number of hydrogen-bond acceptors (Lipinski definition) is 4. The number of amides is 1. The average molecular weight is 344 g/mol. The molecule has 2 aliphatic rings. The molecule has 25 heavy (non-hydrogen) atoms. The number of aliphatic carboxylic acids is 1. The molecule has 130 valence electrons. The molecule has 0 aliphatic carbocycles. The van der Waals surface area contributed by atoms with Gasteiger partial charge in [-0.3, -0.25) is 14.5 Å². The van der Waals surface area contributed by atoms with Crippen LogP contribution < -0.4 is 5.32 Å². The summed E-state index contributed by atoms with van der Waals surface area (Å²) in [6.45, 7) is 1.39. The van der Waals surface area contributed by atoms with Gasteiger partial charge in [-0.2, -0.15) is 5.10 Å². The summed E-state index contributed by atoms with van der Waals surface area (Å²) in [5.74, 6) is -1.99. The fourth-order valence-corrected chi connectivity index (χ4v) is 3.76. The third kappa shape index (κ3) is 2.58. The van der Waals surface area contributed by atoms with Crippen LogP contribution in [0.4, 0.5) is 4.39 Å². The Hall–Kier alpha value is -2.74. The van der Waals surface area contributed by atoms with Gasteiger partial charge in [-0.25, -0.2) is 9.07 Å². The molecule has 0 unspecified atom stereocenters. The van der Waals surface area contributed by atoms with E-state index in [9.17, 15) is 19.1 Å². The van der Waals surface area contributed by atoms with Crippen molar-refractivity contribution in [2.75, 3.05) is 19.6 Å². The SMILES string of the molecule is O=C1NC[C@@]2(C(=O)O)CN(Cc3cnn(-c4cccc(F)c4)c3)C[C@@H]12. The fourth-order valence-electron chi connectivity index (χ4n) is 3.76. The van der Waals surface area contributed by atoms with E-state index in [0.29, 0.717) is 25.3 Å². The zero-order valence-electron chi connectivity index (χ0n) is 13.4. The molecule has 1 amide bonds. The van der Waals surface area contributed by atoms with E-state index in [0.717, 1.165) is 5.56 Å². The van der Waals surface area contributed by atoms with Gasteiger partial charge in [-0.1, -0.05) is 6.07 Å². The largest absolute Gasteiger partial charge is 0.481 e. The van der Waals surface area contributed by atoms with Crippen LogP contribution in [0.25, 0.3) is 5.69 Å². The maximum atomic E-state index is 13.3. The number of fused-ring (bicyclic) bond motifs is 1. The third-order valence-electron chi connectivity index (χ3n) is 5.05. The minimum Gasteiger partial charge on any atom is -0.481 e. The molecule has 2 fully saturated rings. The Morgan fingerprint density at radius 3 is 3.04 bits per heavy atom. The number of benzene rings is 1. The first-order chi connectivity index (χ1) is 12.0. The molecule has 1 aromatic carbocycles. The summed E-state index contributed by atoms with van der Waals surface area (Å²) >= 11 is 0. The zero-order chi connectivity index (χ0) is 17.6. The van der Waals surface area contributed by atoms with E-state index in [1.807, 2.05) is 4.90 Å². The van der Waals surface area contributed by atoms with Gasteiger partial charge in [0.2, 0.25) is 5.91 Å². The number of aromatic nitrogens is 2. The number of nitrogens with zero attached hydrogens (tertiary/aromatic N) is 3. The van der Waals surface area contributed by atoms with Gasteiger partial charge in [-0.15, -0.1) is 0 Å². The number of likely N-dealkylation sites (tertiary alicyclic amines) is 1. The predicted octanol–water partition coefficient (Wildman–Crippen LogP) is 0.644. The highest BCUT2D eigenvalue weighted by molar-refractivity contribution is 5.92. The second kappa shape index (κ2) is 5.66. The van der Waals surface area contributed by atoms with Gasteiger partial charge in [0, 0.05) is 37.9 Å². The number of carbonyl (C=O) groups excluding carboxylic acids is 1. The smallest absolute Gasteiger partial charge is 0.313 e. The normalized spacial score (nSPS) is 25.8. The molecule has 8 heteroatoms. The second-order valence-electron chi connectivity index (χ2n) is 6.67. The van der Waals surface area contributed by atoms with Crippen molar-refractivity contribution >= 4 is 11.9 Å². The van der Waals surface area contributed by atoms with E-state index in [2.05, 4.69) is 10.4 Å². The number of hydrogen-bond donors (Lipinski definition) is 2. The Kier molecular flexibility index (Phi) is 3.57. The number of carbonyl (C=O) groups is 2. The fraction of sp³-hybridized carbons (Fsp3) is 0.353. The molecule has 2 aliphatic heterocycles. The molecule has 2 atom stereocenters. The van der Waals surface area contributed by atoms with E-state index in [1.165, 1.54) is 12.1 Å². The lowest BCUT2D eigenvalue weighted by molar-refractivity contribution is -0.149. The van der Waals surface area contributed by atoms with Gasteiger partial charge in [0.05, 0.1) is 17.8 Å². The molecule has 0 spiro atoms. The standard InChI is InChI=1S/C17H17FN4O3/c18-12-2-1-3-13(4-12)22-7-11(5-20-22)6-21-8-14-15(23)19-9-17(14,10-21)16(24)25/h1-5,7,14H,6,8-10H2,(H,19,23)(H,24,25)/t14-,17+/m0/s1. The van der Waals surface area contributed by atoms with Crippen molar-refractivity contribution in [3.05, 3.63) is 48.0 Å². The van der Waals surface area contributed by atoms with Crippen LogP contribution in [-0.4, -0.2) is 51.3 Å². The molecular weight excluding hydrogens is 327 g/mol. The van der Waals surface area contributed by atoms with Crippen molar-refractivity contribution in [2.45, 2.75) is 6.54 Å². The molecule has 0 radical (unpaired) electrons. The first-order valence-corrected chi connectivity index (χ1v) is 8.01. The van der Waals surface area contributed by atoms with Crippen LogP contribution in [0.5, 0.6) is 0 Å². The van der Waals surface area contributed by atoms with Crippen LogP contribution in [0.1, 0.15) is 5.56 Å². The number of carboxylic acid groups (broad SMARTS) is 1. The van der Waals surface area contributed by atoms with E-state index >= 15 is 0 Å². The van der Waals surface area contributed by atoms with E-state index < -0.39 is 17.3 Å². The molecule has 0 saturated carbocycles. The highest BCUT2D eigenvalue weighted by Crippen LogP contribution is 2.40. The lowest BCUT2D eigenvalue weighted by Crippen LogP contribution is -2.40. The Morgan fingerprint density at radius 1 is 1.48 bits per heavy atom. The Morgan fingerprint density at radius 2 is 2.32 bits per heavy atom. The highest BCUT2D eigenvalue weighted by Gasteiger charge is 2.59. The lowest BCUT2D eigenvalue weighted by Gasteiger charge is -2.21. The first-order valence-electron chi connectivity index (χ1n) is 8.01. The van der Waals surface area contributed by atoms with Gasteiger partial charge in [0.25, 0.3) is 0 Å². The third-order valence-corrected chi connectivity index (χ3v) is 5.05. The van der Waals surface area contributed by atoms with Crippen molar-refractivity contribution < 1.29 is 19.1 Å². The quantitative estimate of drug-likeness (QED) is 0.850. The second-order valence-corrected chi connectivity index (χ2v) is 6.67. The molecule has 2 N–H and O–H groups in total. The van der Waals surface area contributed by atoms with Crippen LogP contribution in [0.2, 0.25) is 0 Å². The van der Waals surface area contributed by atoms with Crippen molar-refractivity contribution in [3.63, 3.8) is 0 Å². The molecule has 1 aromatic heterocycles. The summed E-state index contributed by atoms with van der Waals surface area (Å²) in [4.78, 5) is 25.6. The van der Waals surface area contributed by atoms with Crippen LogP contribution >= 0.6 is 0 Å². The molecule has 2 saturated heterocycles. The minimum atomic E-state index is -1.05. The monoisotopic (exact) mass is 344 g/mol. The number of halogens is 1. The van der Waals surface area contributed by atoms with Crippen LogP contribution in [0.15, 0.2) is 36.7 Å². The van der Waals surface area contributed by atoms with Crippen molar-refractivity contribution in [1.29, 1.82) is 0 Å².